The molecule has 0 bridgehead atoms. The van der Waals surface area contributed by atoms with Crippen LogP contribution in [0, 0.1) is 0 Å². The molecular weight excluding hydrogens is 679 g/mol. The third kappa shape index (κ3) is 7.22. The summed E-state index contributed by atoms with van der Waals surface area (Å²) in [6.45, 7) is 6.41. The van der Waals surface area contributed by atoms with Gasteiger partial charge in [0.05, 0.1) is 35.6 Å². The lowest BCUT2D eigenvalue weighted by molar-refractivity contribution is -0.138. The molecule has 0 amide bonds. The maximum atomic E-state index is 14.3. The van der Waals surface area contributed by atoms with Crippen molar-refractivity contribution in [1.82, 2.24) is 4.57 Å². The second kappa shape index (κ2) is 14.9. The zero-order chi connectivity index (χ0) is 34.7. The lowest BCUT2D eigenvalue weighted by Gasteiger charge is -2.26. The minimum Gasteiger partial charge on any atom is -0.493 e. The number of hydrogen-bond acceptors (Lipinski definition) is 7. The van der Waals surface area contributed by atoms with Gasteiger partial charge in [0.25, 0.3) is 5.56 Å². The average molecular weight is 714 g/mol. The van der Waals surface area contributed by atoms with Crippen LogP contribution in [0.25, 0.3) is 11.8 Å². The van der Waals surface area contributed by atoms with Crippen LogP contribution in [0.2, 0.25) is 10.0 Å². The summed E-state index contributed by atoms with van der Waals surface area (Å²) >= 11 is 13.6. The largest absolute Gasteiger partial charge is 0.493 e. The highest BCUT2D eigenvalue weighted by Crippen LogP contribution is 2.36. The van der Waals surface area contributed by atoms with Crippen LogP contribution in [0.5, 0.6) is 11.5 Å². The smallest absolute Gasteiger partial charge is 0.338 e. The fourth-order valence-electron chi connectivity index (χ4n) is 5.66. The minimum absolute atomic E-state index is 0.183. The molecule has 0 unspecified atom stereocenters. The molecule has 0 radical (unpaired) electrons. The molecule has 7 nitrogen and oxygen atoms in total. The molecule has 0 fully saturated rings. The Kier molecular flexibility index (Phi) is 10.4. The maximum Gasteiger partial charge on any atom is 0.338 e. The molecule has 0 spiro atoms. The Morgan fingerprint density at radius 2 is 1.73 bits per heavy atom. The van der Waals surface area contributed by atoms with E-state index < -0.39 is 12.0 Å². The highest BCUT2D eigenvalue weighted by Gasteiger charge is 2.35. The van der Waals surface area contributed by atoms with Crippen LogP contribution in [0.1, 0.15) is 60.5 Å². The summed E-state index contributed by atoms with van der Waals surface area (Å²) in [4.78, 5) is 33.5. The Hall–Kier alpha value is -4.63. The van der Waals surface area contributed by atoms with Gasteiger partial charge in [-0.15, -0.1) is 0 Å². The van der Waals surface area contributed by atoms with E-state index in [1.165, 1.54) is 11.3 Å². The van der Waals surface area contributed by atoms with E-state index in [-0.39, 0.29) is 18.8 Å². The number of halogens is 2. The summed E-state index contributed by atoms with van der Waals surface area (Å²) in [5, 5.41) is 1.05. The van der Waals surface area contributed by atoms with Gasteiger partial charge < -0.3 is 14.2 Å². The molecule has 10 heteroatoms. The second-order valence-corrected chi connectivity index (χ2v) is 13.5. The van der Waals surface area contributed by atoms with Crippen LogP contribution in [0.3, 0.4) is 0 Å². The number of thiazole rings is 1. The number of methoxy groups -OCH3 is 1. The van der Waals surface area contributed by atoms with Gasteiger partial charge in [-0.3, -0.25) is 9.36 Å². The third-order valence-electron chi connectivity index (χ3n) is 8.18. The first-order chi connectivity index (χ1) is 23.7. The molecule has 2 heterocycles. The van der Waals surface area contributed by atoms with Crippen molar-refractivity contribution >= 4 is 52.3 Å². The van der Waals surface area contributed by atoms with Crippen molar-refractivity contribution in [3.63, 3.8) is 0 Å². The van der Waals surface area contributed by atoms with Gasteiger partial charge in [0.1, 0.15) is 6.61 Å². The number of benzene rings is 4. The van der Waals surface area contributed by atoms with Crippen molar-refractivity contribution in [1.29, 1.82) is 0 Å². The van der Waals surface area contributed by atoms with E-state index in [0.29, 0.717) is 48.1 Å². The first kappa shape index (κ1) is 34.2. The molecule has 1 aliphatic heterocycles. The summed E-state index contributed by atoms with van der Waals surface area (Å²) in [7, 11) is 1.56. The number of aromatic nitrogens is 1. The average Bonchev–Trinajstić information content (AvgIpc) is 3.41. The number of esters is 1. The zero-order valence-electron chi connectivity index (χ0n) is 27.4. The highest BCUT2D eigenvalue weighted by atomic mass is 35.5. The van der Waals surface area contributed by atoms with E-state index in [2.05, 4.69) is 13.8 Å². The number of hydrogen-bond donors (Lipinski definition) is 0. The fourth-order valence-corrected chi connectivity index (χ4v) is 7.12. The lowest BCUT2D eigenvalue weighted by Crippen LogP contribution is -2.40. The minimum atomic E-state index is -0.751. The van der Waals surface area contributed by atoms with Crippen LogP contribution < -0.4 is 24.4 Å². The number of ether oxygens (including phenoxy) is 3. The van der Waals surface area contributed by atoms with Crippen LogP contribution in [0.4, 0.5) is 0 Å². The molecular formula is C39H34Cl2N2O5S. The van der Waals surface area contributed by atoms with Crippen LogP contribution in [0.15, 0.2) is 106 Å². The third-order valence-corrected chi connectivity index (χ3v) is 9.75. The lowest BCUT2D eigenvalue weighted by atomic mass is 9.91. The van der Waals surface area contributed by atoms with Gasteiger partial charge in [-0.1, -0.05) is 115 Å². The van der Waals surface area contributed by atoms with Gasteiger partial charge in [0, 0.05) is 21.2 Å². The molecule has 0 saturated heterocycles. The van der Waals surface area contributed by atoms with Gasteiger partial charge in [-0.05, 0) is 59.9 Å². The van der Waals surface area contributed by atoms with Gasteiger partial charge in [0.2, 0.25) is 0 Å². The predicted octanol–water partition coefficient (Wildman–Crippen LogP) is 7.95. The molecule has 0 aliphatic carbocycles. The van der Waals surface area contributed by atoms with E-state index >= 15 is 0 Å². The van der Waals surface area contributed by atoms with Crippen molar-refractivity contribution in [3.8, 4) is 11.5 Å². The fraction of sp³-hybridized carbons (Fsp3) is 0.205. The number of fused-ring (bicyclic) bond motifs is 1. The van der Waals surface area contributed by atoms with Gasteiger partial charge in [0.15, 0.2) is 16.3 Å². The molecule has 0 N–H and O–H groups in total. The summed E-state index contributed by atoms with van der Waals surface area (Å²) in [5.41, 5.74) is 4.72. The monoisotopic (exact) mass is 712 g/mol. The predicted molar refractivity (Wildman–Crippen MR) is 195 cm³/mol. The van der Waals surface area contributed by atoms with E-state index in [9.17, 15) is 9.59 Å². The quantitative estimate of drug-likeness (QED) is 0.137. The van der Waals surface area contributed by atoms with Crippen molar-refractivity contribution < 1.29 is 19.0 Å². The number of carbonyl (C=O) groups is 1. The van der Waals surface area contributed by atoms with E-state index in [1.54, 1.807) is 48.9 Å². The standard InChI is InChI=1S/C39H34Cl2N2O5S/c1-5-47-38(45)34-35(26-9-7-6-8-10-26)42-39-43(36(34)27-14-12-25(13-15-27)23(2)3)37(44)33(49-39)20-24-11-18-31(32(19-24)46-4)48-22-28-16-17-29(40)21-30(28)41/h6-21,23,36H,5,22H2,1-4H3/b33-20-/t36-/m1/s1. The number of rotatable bonds is 10. The Balaban J connectivity index is 1.46. The summed E-state index contributed by atoms with van der Waals surface area (Å²) in [5.74, 6) is 0.812. The van der Waals surface area contributed by atoms with Gasteiger partial charge in [-0.25, -0.2) is 9.79 Å². The van der Waals surface area contributed by atoms with Gasteiger partial charge in [-0.2, -0.15) is 0 Å². The normalized spacial score (nSPS) is 14.4. The van der Waals surface area contributed by atoms with E-state index in [1.807, 2.05) is 66.7 Å². The van der Waals surface area contributed by atoms with Crippen molar-refractivity contribution in [2.75, 3.05) is 13.7 Å². The summed E-state index contributed by atoms with van der Waals surface area (Å²) in [6.07, 6.45) is 1.79. The molecule has 5 aromatic rings. The topological polar surface area (TPSA) is 79.1 Å². The number of nitrogens with zero attached hydrogens (tertiary/aromatic N) is 2. The van der Waals surface area contributed by atoms with E-state index in [0.717, 1.165) is 27.8 Å². The zero-order valence-corrected chi connectivity index (χ0v) is 29.7. The molecule has 1 atom stereocenters. The van der Waals surface area contributed by atoms with Crippen molar-refractivity contribution in [2.24, 2.45) is 4.99 Å². The van der Waals surface area contributed by atoms with Crippen molar-refractivity contribution in [2.45, 2.75) is 39.3 Å². The molecule has 0 saturated carbocycles. The second-order valence-electron chi connectivity index (χ2n) is 11.7. The Bertz CT molecular complexity index is 2220. The Labute approximate surface area is 298 Å². The molecule has 6 rings (SSSR count). The SMILES string of the molecule is CCOC(=O)C1=C(c2ccccc2)N=c2s/c(=C\c3ccc(OCc4ccc(Cl)cc4Cl)c(OC)c3)c(=O)n2[C@@H]1c1ccc(C(C)C)cc1. The number of carbonyl (C=O) groups excluding carboxylic acids is 1. The molecule has 1 aliphatic rings. The Morgan fingerprint density at radius 3 is 2.41 bits per heavy atom. The Morgan fingerprint density at radius 1 is 0.980 bits per heavy atom. The van der Waals surface area contributed by atoms with Crippen molar-refractivity contribution in [3.05, 3.63) is 154 Å². The molecule has 1 aromatic heterocycles. The summed E-state index contributed by atoms with van der Waals surface area (Å²) in [6, 6.07) is 27.5. The first-order valence-corrected chi connectivity index (χ1v) is 17.4. The highest BCUT2D eigenvalue weighted by molar-refractivity contribution is 7.07. The molecule has 250 valence electrons. The van der Waals surface area contributed by atoms with Crippen LogP contribution in [-0.2, 0) is 16.1 Å². The summed E-state index contributed by atoms with van der Waals surface area (Å²) < 4.78 is 19.3. The van der Waals surface area contributed by atoms with Crippen LogP contribution in [-0.4, -0.2) is 24.3 Å². The maximum absolute atomic E-state index is 14.3. The van der Waals surface area contributed by atoms with Gasteiger partial charge >= 0.3 is 5.97 Å². The van der Waals surface area contributed by atoms with Crippen LogP contribution >= 0.6 is 34.5 Å². The molecule has 4 aromatic carbocycles. The molecule has 49 heavy (non-hydrogen) atoms. The van der Waals surface area contributed by atoms with E-state index in [4.69, 9.17) is 42.4 Å². The first-order valence-electron chi connectivity index (χ1n) is 15.8.